The first-order valence-electron chi connectivity index (χ1n) is 5.31. The topological polar surface area (TPSA) is 60.2 Å². The van der Waals surface area contributed by atoms with Crippen LogP contribution >= 0.6 is 0 Å². The fourth-order valence-corrected chi connectivity index (χ4v) is 1.85. The second-order valence-corrected chi connectivity index (χ2v) is 4.01. The number of pyridine rings is 1. The van der Waals surface area contributed by atoms with Crippen LogP contribution in [-0.2, 0) is 4.74 Å². The van der Waals surface area contributed by atoms with Crippen LogP contribution in [0.25, 0.3) is 0 Å². The van der Waals surface area contributed by atoms with Gasteiger partial charge in [0.25, 0.3) is 0 Å². The van der Waals surface area contributed by atoms with Crippen molar-refractivity contribution in [2.24, 2.45) is 5.92 Å². The van der Waals surface area contributed by atoms with Gasteiger partial charge in [-0.15, -0.1) is 0 Å². The van der Waals surface area contributed by atoms with Crippen LogP contribution in [0.5, 0.6) is 0 Å². The van der Waals surface area contributed by atoms with Gasteiger partial charge in [0, 0.05) is 25.3 Å². The van der Waals surface area contributed by atoms with Crippen LogP contribution in [0.1, 0.15) is 13.3 Å². The Labute approximate surface area is 89.8 Å². The van der Waals surface area contributed by atoms with Gasteiger partial charge in [-0.25, -0.2) is 0 Å². The summed E-state index contributed by atoms with van der Waals surface area (Å²) in [4.78, 5) is 4.03. The summed E-state index contributed by atoms with van der Waals surface area (Å²) in [6, 6.07) is 1.90. The molecule has 2 rings (SSSR count). The van der Waals surface area contributed by atoms with E-state index in [1.165, 1.54) is 0 Å². The van der Waals surface area contributed by atoms with Gasteiger partial charge in [0.1, 0.15) is 0 Å². The molecule has 82 valence electrons. The van der Waals surface area contributed by atoms with Crippen LogP contribution in [0.3, 0.4) is 0 Å². The van der Waals surface area contributed by atoms with Gasteiger partial charge in [0.05, 0.1) is 23.7 Å². The van der Waals surface area contributed by atoms with Gasteiger partial charge in [-0.3, -0.25) is 4.98 Å². The summed E-state index contributed by atoms with van der Waals surface area (Å²) < 4.78 is 5.50. The lowest BCUT2D eigenvalue weighted by molar-refractivity contribution is 0.108. The fraction of sp³-hybridized carbons (Fsp3) is 0.545. The maximum atomic E-state index is 5.64. The molecule has 0 amide bonds. The van der Waals surface area contributed by atoms with E-state index in [-0.39, 0.29) is 0 Å². The zero-order valence-electron chi connectivity index (χ0n) is 8.94. The Morgan fingerprint density at radius 1 is 1.60 bits per heavy atom. The van der Waals surface area contributed by atoms with Crippen molar-refractivity contribution in [2.45, 2.75) is 19.4 Å². The zero-order valence-corrected chi connectivity index (χ0v) is 8.94. The van der Waals surface area contributed by atoms with E-state index in [1.807, 2.05) is 6.07 Å². The molecule has 0 radical (unpaired) electrons. The molecule has 0 saturated carbocycles. The smallest absolute Gasteiger partial charge is 0.0592 e. The van der Waals surface area contributed by atoms with E-state index < -0.39 is 0 Å². The Balaban J connectivity index is 1.87. The molecular formula is C11H17N3O. The number of hydrogen-bond donors (Lipinski definition) is 2. The van der Waals surface area contributed by atoms with Crippen molar-refractivity contribution < 1.29 is 4.74 Å². The van der Waals surface area contributed by atoms with Gasteiger partial charge in [0.15, 0.2) is 0 Å². The van der Waals surface area contributed by atoms with Crippen molar-refractivity contribution in [1.82, 2.24) is 4.98 Å². The minimum atomic E-state index is 0.353. The van der Waals surface area contributed by atoms with Crippen molar-refractivity contribution >= 4 is 11.4 Å². The first-order chi connectivity index (χ1) is 7.25. The number of anilines is 2. The summed E-state index contributed by atoms with van der Waals surface area (Å²) in [5, 5.41) is 3.34. The van der Waals surface area contributed by atoms with Crippen molar-refractivity contribution in [1.29, 1.82) is 0 Å². The van der Waals surface area contributed by atoms with Crippen molar-refractivity contribution in [2.75, 3.05) is 24.2 Å². The number of nitrogen functional groups attached to an aromatic ring is 1. The summed E-state index contributed by atoms with van der Waals surface area (Å²) in [6.45, 7) is 3.92. The van der Waals surface area contributed by atoms with E-state index in [9.17, 15) is 0 Å². The number of nitrogens with zero attached hydrogens (tertiary/aromatic N) is 1. The Morgan fingerprint density at radius 3 is 3.13 bits per heavy atom. The molecule has 2 atom stereocenters. The van der Waals surface area contributed by atoms with E-state index in [1.54, 1.807) is 12.4 Å². The monoisotopic (exact) mass is 207 g/mol. The quantitative estimate of drug-likeness (QED) is 0.788. The summed E-state index contributed by atoms with van der Waals surface area (Å²) >= 11 is 0. The molecule has 15 heavy (non-hydrogen) atoms. The van der Waals surface area contributed by atoms with Crippen LogP contribution in [0.4, 0.5) is 11.4 Å². The number of aromatic nitrogens is 1. The minimum Gasteiger partial charge on any atom is -0.397 e. The maximum Gasteiger partial charge on any atom is 0.0592 e. The maximum absolute atomic E-state index is 5.64. The molecule has 1 aliphatic rings. The highest BCUT2D eigenvalue weighted by molar-refractivity contribution is 5.51. The third kappa shape index (κ3) is 2.59. The normalized spacial score (nSPS) is 25.4. The largest absolute Gasteiger partial charge is 0.397 e. The summed E-state index contributed by atoms with van der Waals surface area (Å²) in [7, 11) is 0. The number of nitrogens with one attached hydrogen (secondary N) is 1. The number of rotatable bonds is 3. The van der Waals surface area contributed by atoms with E-state index in [0.717, 1.165) is 25.3 Å². The number of nitrogens with two attached hydrogens (primary N) is 1. The minimum absolute atomic E-state index is 0.353. The zero-order chi connectivity index (χ0) is 10.7. The molecule has 1 aromatic heterocycles. The van der Waals surface area contributed by atoms with Gasteiger partial charge < -0.3 is 15.8 Å². The number of hydrogen-bond acceptors (Lipinski definition) is 4. The van der Waals surface area contributed by atoms with Crippen molar-refractivity contribution in [3.63, 3.8) is 0 Å². The lowest BCUT2D eigenvalue weighted by Crippen LogP contribution is -2.20. The van der Waals surface area contributed by atoms with Crippen LogP contribution in [0.15, 0.2) is 18.5 Å². The number of ether oxygens (including phenoxy) is 1. The third-order valence-corrected chi connectivity index (χ3v) is 2.86. The van der Waals surface area contributed by atoms with Gasteiger partial charge >= 0.3 is 0 Å². The molecule has 0 aromatic carbocycles. The fourth-order valence-electron chi connectivity index (χ4n) is 1.85. The molecule has 1 fully saturated rings. The predicted molar refractivity (Wildman–Crippen MR) is 60.7 cm³/mol. The standard InChI is InChI=1S/C11H17N3O/c1-8-9(2-3-15-8)5-14-11-4-10(12)6-13-7-11/h4,6-9,14H,2-3,5,12H2,1H3. The van der Waals surface area contributed by atoms with E-state index in [0.29, 0.717) is 17.7 Å². The molecule has 0 aliphatic carbocycles. The first-order valence-corrected chi connectivity index (χ1v) is 5.31. The van der Waals surface area contributed by atoms with E-state index >= 15 is 0 Å². The highest BCUT2D eigenvalue weighted by Gasteiger charge is 2.23. The molecular weight excluding hydrogens is 190 g/mol. The average molecular weight is 207 g/mol. The molecule has 4 heteroatoms. The van der Waals surface area contributed by atoms with Crippen LogP contribution in [0, 0.1) is 5.92 Å². The Kier molecular flexibility index (Phi) is 3.06. The summed E-state index contributed by atoms with van der Waals surface area (Å²) in [5.41, 5.74) is 7.31. The molecule has 2 unspecified atom stereocenters. The molecule has 2 heterocycles. The Bertz CT molecular complexity index is 329. The second-order valence-electron chi connectivity index (χ2n) is 4.01. The van der Waals surface area contributed by atoms with Crippen molar-refractivity contribution in [3.8, 4) is 0 Å². The molecule has 1 aromatic rings. The van der Waals surface area contributed by atoms with Gasteiger partial charge in [0.2, 0.25) is 0 Å². The first kappa shape index (κ1) is 10.2. The highest BCUT2D eigenvalue weighted by atomic mass is 16.5. The molecule has 0 spiro atoms. The van der Waals surface area contributed by atoms with E-state index in [2.05, 4.69) is 17.2 Å². The van der Waals surface area contributed by atoms with E-state index in [4.69, 9.17) is 10.5 Å². The predicted octanol–water partition coefficient (Wildman–Crippen LogP) is 1.50. The molecule has 1 aliphatic heterocycles. The third-order valence-electron chi connectivity index (χ3n) is 2.86. The van der Waals surface area contributed by atoms with Crippen LogP contribution < -0.4 is 11.1 Å². The summed E-state index contributed by atoms with van der Waals surface area (Å²) in [6.07, 6.45) is 4.92. The highest BCUT2D eigenvalue weighted by Crippen LogP contribution is 2.21. The van der Waals surface area contributed by atoms with Crippen molar-refractivity contribution in [3.05, 3.63) is 18.5 Å². The second kappa shape index (κ2) is 4.49. The Hall–Kier alpha value is -1.29. The average Bonchev–Trinajstić information content (AvgIpc) is 2.61. The lowest BCUT2D eigenvalue weighted by atomic mass is 10.0. The molecule has 3 N–H and O–H groups in total. The molecule has 0 bridgehead atoms. The SMILES string of the molecule is CC1OCCC1CNc1cncc(N)c1. The summed E-state index contributed by atoms with van der Waals surface area (Å²) in [5.74, 6) is 0.589. The molecule has 1 saturated heterocycles. The van der Waals surface area contributed by atoms with Gasteiger partial charge in [-0.05, 0) is 19.4 Å². The molecule has 4 nitrogen and oxygen atoms in total. The van der Waals surface area contributed by atoms with Gasteiger partial charge in [-0.1, -0.05) is 0 Å². The lowest BCUT2D eigenvalue weighted by Gasteiger charge is -2.15. The van der Waals surface area contributed by atoms with Gasteiger partial charge in [-0.2, -0.15) is 0 Å². The van der Waals surface area contributed by atoms with Crippen LogP contribution in [-0.4, -0.2) is 24.2 Å². The van der Waals surface area contributed by atoms with Crippen LogP contribution in [0.2, 0.25) is 0 Å². The Morgan fingerprint density at radius 2 is 2.47 bits per heavy atom.